The van der Waals surface area contributed by atoms with Gasteiger partial charge in [-0.15, -0.1) is 0 Å². The van der Waals surface area contributed by atoms with Gasteiger partial charge in [-0.25, -0.2) is 17.5 Å². The number of carbonyl (C=O) groups excluding carboxylic acids is 5. The molecule has 0 spiro atoms. The van der Waals surface area contributed by atoms with Crippen LogP contribution in [-0.2, 0) is 33.9 Å². The number of carbonyl (C=O) groups is 5. The van der Waals surface area contributed by atoms with E-state index in [0.29, 0.717) is 51.8 Å². The number of rotatable bonds is 6. The summed E-state index contributed by atoms with van der Waals surface area (Å²) in [7, 11) is -2.04. The molecule has 0 unspecified atom stereocenters. The summed E-state index contributed by atoms with van der Waals surface area (Å²) >= 11 is 0. The molecule has 5 amide bonds. The average Bonchev–Trinajstić information content (AvgIpc) is 3.88. The highest BCUT2D eigenvalue weighted by Crippen LogP contribution is 2.65. The second-order valence-electron chi connectivity index (χ2n) is 16.2. The van der Waals surface area contributed by atoms with Crippen molar-refractivity contribution >= 4 is 39.6 Å². The second-order valence-corrected chi connectivity index (χ2v) is 18.4. The number of hydrogen-bond acceptors (Lipinski definition) is 8. The van der Waals surface area contributed by atoms with Gasteiger partial charge in [-0.2, -0.15) is 0 Å². The average molecular weight is 721 g/mol. The summed E-state index contributed by atoms with van der Waals surface area (Å²) in [4.78, 5) is 70.0. The molecule has 0 aromatic heterocycles. The topological polar surface area (TPSA) is 183 Å². The fourth-order valence-electron chi connectivity index (χ4n) is 9.12. The molecular weight excluding hydrogens is 664 g/mol. The molecule has 15 heteroatoms. The Balaban J connectivity index is 1.22. The van der Waals surface area contributed by atoms with Crippen molar-refractivity contribution in [2.75, 3.05) is 33.4 Å². The van der Waals surface area contributed by atoms with Gasteiger partial charge < -0.3 is 30.9 Å². The number of fused-ring (bicyclic) bond motifs is 3. The maximum Gasteiger partial charge on any atom is 0.315 e. The van der Waals surface area contributed by atoms with Crippen molar-refractivity contribution in [3.05, 3.63) is 0 Å². The van der Waals surface area contributed by atoms with Gasteiger partial charge in [-0.1, -0.05) is 58.8 Å². The van der Waals surface area contributed by atoms with E-state index in [4.69, 9.17) is 4.74 Å². The van der Waals surface area contributed by atoms with E-state index in [1.165, 1.54) is 9.21 Å². The minimum absolute atomic E-state index is 0.00469. The van der Waals surface area contributed by atoms with E-state index >= 15 is 0 Å². The number of hydrogen-bond donors (Lipinski definition) is 4. The molecule has 6 atom stereocenters. The molecule has 3 heterocycles. The lowest BCUT2D eigenvalue weighted by Gasteiger charge is -2.42. The van der Waals surface area contributed by atoms with Gasteiger partial charge in [0.25, 0.3) is 5.91 Å². The van der Waals surface area contributed by atoms with Gasteiger partial charge in [0.2, 0.25) is 27.6 Å². The summed E-state index contributed by atoms with van der Waals surface area (Å²) < 4.78 is 34.0. The standard InChI is InChI=1S/C35H56N6O8S/c1-34(2)23-20-41-28(27(23)34)30(43)37-24(29(42)31(44)36-22-13-14-22)12-8-5-4-6-11-19-49-21-25(32(41)45)38-33(46)39-35(16-9-7-10-17-35)26-15-18-40(3)50(26,47)48/h22-28H,4-21H2,1-3H3,(H,36,44)(H,37,43)(H2,38,39,46)/t23-,24+,25+,26+,27-,28-/m0/s1. The first-order valence-corrected chi connectivity index (χ1v) is 20.3. The Kier molecular flexibility index (Phi) is 10.9. The number of nitrogens with one attached hydrogen (secondary N) is 4. The SMILES string of the molecule is CN1CC[C@H](C2(NC(=O)N[C@@H]3COCCCCCCC[C@H](C(=O)C(=O)NC4CC4)NC(=O)[C@@H]4[C@@H]5[C@H](CN4C3=O)C5(C)C)CCCCC2)S1(=O)=O. The van der Waals surface area contributed by atoms with Crippen LogP contribution in [-0.4, -0.2) is 115 Å². The molecule has 3 aliphatic carbocycles. The Morgan fingerprint density at radius 3 is 2.26 bits per heavy atom. The van der Waals surface area contributed by atoms with Crippen LogP contribution in [0.15, 0.2) is 0 Å². The Bertz CT molecular complexity index is 1440. The number of Topliss-reactive ketones (excluding diaryl/α,β-unsaturated/α-hetero) is 1. The van der Waals surface area contributed by atoms with Gasteiger partial charge >= 0.3 is 6.03 Å². The molecule has 6 rings (SSSR count). The van der Waals surface area contributed by atoms with Gasteiger partial charge in [0.1, 0.15) is 12.1 Å². The lowest BCUT2D eigenvalue weighted by atomic mass is 9.78. The summed E-state index contributed by atoms with van der Waals surface area (Å²) in [6, 6.07) is -3.62. The fraction of sp³-hybridized carbons (Fsp3) is 0.857. The van der Waals surface area contributed by atoms with Gasteiger partial charge in [0.15, 0.2) is 0 Å². The van der Waals surface area contributed by atoms with E-state index in [1.807, 2.05) is 0 Å². The van der Waals surface area contributed by atoms with Crippen molar-refractivity contribution in [3.63, 3.8) is 0 Å². The summed E-state index contributed by atoms with van der Waals surface area (Å²) in [6.07, 6.45) is 9.98. The third-order valence-electron chi connectivity index (χ3n) is 12.4. The van der Waals surface area contributed by atoms with Crippen LogP contribution in [0.1, 0.15) is 104 Å². The smallest absolute Gasteiger partial charge is 0.315 e. The molecule has 3 aliphatic heterocycles. The predicted octanol–water partition coefficient (Wildman–Crippen LogP) is 1.58. The summed E-state index contributed by atoms with van der Waals surface area (Å²) in [5.74, 6) is -2.37. The van der Waals surface area contributed by atoms with Crippen LogP contribution in [0.4, 0.5) is 4.79 Å². The molecule has 14 nitrogen and oxygen atoms in total. The molecule has 0 aromatic rings. The first kappa shape index (κ1) is 37.0. The minimum atomic E-state index is -3.60. The number of nitrogens with zero attached hydrogens (tertiary/aromatic N) is 2. The number of ketones is 1. The van der Waals surface area contributed by atoms with Crippen LogP contribution in [0.5, 0.6) is 0 Å². The normalized spacial score (nSPS) is 34.5. The molecule has 3 saturated carbocycles. The van der Waals surface area contributed by atoms with Gasteiger partial charge in [-0.3, -0.25) is 19.2 Å². The molecule has 280 valence electrons. The monoisotopic (exact) mass is 720 g/mol. The molecule has 6 aliphatic rings. The van der Waals surface area contributed by atoms with E-state index in [0.717, 1.165) is 57.8 Å². The zero-order valence-corrected chi connectivity index (χ0v) is 30.7. The zero-order valence-electron chi connectivity index (χ0n) is 29.8. The highest BCUT2D eigenvalue weighted by Gasteiger charge is 2.69. The van der Waals surface area contributed by atoms with Crippen LogP contribution >= 0.6 is 0 Å². The highest BCUT2D eigenvalue weighted by atomic mass is 32.2. The van der Waals surface area contributed by atoms with Crippen molar-refractivity contribution < 1.29 is 37.1 Å². The lowest BCUT2D eigenvalue weighted by molar-refractivity contribution is -0.144. The summed E-state index contributed by atoms with van der Waals surface area (Å²) in [5, 5.41) is 10.8. The maximum atomic E-state index is 14.4. The number of amides is 5. The van der Waals surface area contributed by atoms with Crippen LogP contribution < -0.4 is 21.3 Å². The van der Waals surface area contributed by atoms with Crippen molar-refractivity contribution in [2.24, 2.45) is 17.3 Å². The van der Waals surface area contributed by atoms with E-state index in [1.54, 1.807) is 7.05 Å². The number of urea groups is 1. The molecule has 4 N–H and O–H groups in total. The first-order chi connectivity index (χ1) is 23.8. The van der Waals surface area contributed by atoms with Crippen LogP contribution in [0.2, 0.25) is 0 Å². The molecular formula is C35H56N6O8S. The first-order valence-electron chi connectivity index (χ1n) is 18.8. The number of sulfonamides is 1. The van der Waals surface area contributed by atoms with E-state index in [2.05, 4.69) is 35.1 Å². The molecule has 0 bridgehead atoms. The number of piperidine rings is 1. The Labute approximate surface area is 296 Å². The van der Waals surface area contributed by atoms with Crippen LogP contribution in [0, 0.1) is 17.3 Å². The molecule has 0 radical (unpaired) electrons. The summed E-state index contributed by atoms with van der Waals surface area (Å²) in [5.41, 5.74) is -1.16. The van der Waals surface area contributed by atoms with Crippen molar-refractivity contribution in [1.29, 1.82) is 0 Å². The van der Waals surface area contributed by atoms with Crippen molar-refractivity contribution in [1.82, 2.24) is 30.5 Å². The maximum absolute atomic E-state index is 14.4. The lowest BCUT2D eigenvalue weighted by Crippen LogP contribution is -2.64. The predicted molar refractivity (Wildman–Crippen MR) is 184 cm³/mol. The second kappa shape index (κ2) is 14.7. The third kappa shape index (κ3) is 7.55. The molecule has 3 saturated heterocycles. The van der Waals surface area contributed by atoms with Gasteiger partial charge in [0, 0.05) is 32.8 Å². The Morgan fingerprint density at radius 2 is 1.58 bits per heavy atom. The van der Waals surface area contributed by atoms with Crippen LogP contribution in [0.3, 0.4) is 0 Å². The molecule has 50 heavy (non-hydrogen) atoms. The highest BCUT2D eigenvalue weighted by molar-refractivity contribution is 7.90. The molecule has 0 aromatic carbocycles. The van der Waals surface area contributed by atoms with E-state index in [-0.39, 0.29) is 29.9 Å². The third-order valence-corrected chi connectivity index (χ3v) is 14.9. The van der Waals surface area contributed by atoms with Crippen molar-refractivity contribution in [2.45, 2.75) is 139 Å². The Morgan fingerprint density at radius 1 is 0.900 bits per heavy atom. The van der Waals surface area contributed by atoms with Gasteiger partial charge in [0.05, 0.1) is 23.4 Å². The van der Waals surface area contributed by atoms with Crippen molar-refractivity contribution in [3.8, 4) is 0 Å². The Hall–Kier alpha value is -2.78. The summed E-state index contributed by atoms with van der Waals surface area (Å²) in [6.45, 7) is 5.11. The van der Waals surface area contributed by atoms with E-state index in [9.17, 15) is 32.4 Å². The fourth-order valence-corrected chi connectivity index (χ4v) is 11.2. The van der Waals surface area contributed by atoms with Crippen LogP contribution in [0.25, 0.3) is 0 Å². The number of ether oxygens (including phenoxy) is 1. The largest absolute Gasteiger partial charge is 0.379 e. The van der Waals surface area contributed by atoms with Gasteiger partial charge in [-0.05, 0) is 62.2 Å². The minimum Gasteiger partial charge on any atom is -0.379 e. The zero-order chi connectivity index (χ0) is 35.8. The van der Waals surface area contributed by atoms with E-state index < -0.39 is 68.5 Å². The molecule has 6 fully saturated rings. The quantitative estimate of drug-likeness (QED) is 0.298.